The van der Waals surface area contributed by atoms with Crippen LogP contribution in [0.5, 0.6) is 0 Å². The van der Waals surface area contributed by atoms with Crippen molar-refractivity contribution in [2.75, 3.05) is 19.6 Å². The minimum Gasteiger partial charge on any atom is -0.480 e. The number of primary amides is 1. The van der Waals surface area contributed by atoms with Crippen molar-refractivity contribution in [1.29, 1.82) is 0 Å². The minimum absolute atomic E-state index is 0.188. The Morgan fingerprint density at radius 3 is 2.30 bits per heavy atom. The lowest BCUT2D eigenvalue weighted by Crippen LogP contribution is -2.50. The molecule has 7 heteroatoms. The number of rotatable bonds is 3. The fourth-order valence-corrected chi connectivity index (χ4v) is 3.05. The predicted molar refractivity (Wildman–Crippen MR) is 70.9 cm³/mol. The highest BCUT2D eigenvalue weighted by Gasteiger charge is 2.37. The number of amides is 3. The molecule has 0 spiro atoms. The lowest BCUT2D eigenvalue weighted by molar-refractivity contribution is -0.141. The van der Waals surface area contributed by atoms with Crippen molar-refractivity contribution in [3.63, 3.8) is 0 Å². The molecule has 2 heterocycles. The first-order valence-electron chi connectivity index (χ1n) is 7.05. The summed E-state index contributed by atoms with van der Waals surface area (Å²) in [6.07, 6.45) is 3.13. The minimum atomic E-state index is -0.931. The van der Waals surface area contributed by atoms with Crippen LogP contribution in [0.15, 0.2) is 0 Å². The van der Waals surface area contributed by atoms with Crippen molar-refractivity contribution in [2.24, 2.45) is 11.7 Å². The number of hydrogen-bond donors (Lipinski definition) is 2. The zero-order valence-corrected chi connectivity index (χ0v) is 11.5. The predicted octanol–water partition coefficient (Wildman–Crippen LogP) is 0.243. The Morgan fingerprint density at radius 1 is 1.10 bits per heavy atom. The van der Waals surface area contributed by atoms with Gasteiger partial charge in [-0.2, -0.15) is 0 Å². The summed E-state index contributed by atoms with van der Waals surface area (Å²) in [5.41, 5.74) is 5.18. The zero-order valence-electron chi connectivity index (χ0n) is 11.5. The SMILES string of the molecule is NC(=O)CC1CCN(C(=O)N2CCCC2C(=O)O)CC1. The Labute approximate surface area is 117 Å². The molecule has 2 aliphatic heterocycles. The van der Waals surface area contributed by atoms with E-state index in [1.54, 1.807) is 4.90 Å². The second-order valence-electron chi connectivity index (χ2n) is 5.57. The third-order valence-electron chi connectivity index (χ3n) is 4.16. The van der Waals surface area contributed by atoms with E-state index in [2.05, 4.69) is 0 Å². The Hall–Kier alpha value is -1.79. The van der Waals surface area contributed by atoms with Gasteiger partial charge in [-0.3, -0.25) is 4.79 Å². The number of carboxylic acids is 1. The normalized spacial score (nSPS) is 23.9. The standard InChI is InChI=1S/C13H21N3O4/c14-11(17)8-9-3-6-15(7-4-9)13(20)16-5-1-2-10(16)12(18)19/h9-10H,1-8H2,(H2,14,17)(H,18,19). The highest BCUT2D eigenvalue weighted by atomic mass is 16.4. The van der Waals surface area contributed by atoms with Crippen molar-refractivity contribution in [2.45, 2.75) is 38.1 Å². The van der Waals surface area contributed by atoms with Gasteiger partial charge in [-0.15, -0.1) is 0 Å². The van der Waals surface area contributed by atoms with Gasteiger partial charge >= 0.3 is 12.0 Å². The smallest absolute Gasteiger partial charge is 0.326 e. The maximum atomic E-state index is 12.3. The molecule has 0 radical (unpaired) electrons. The Morgan fingerprint density at radius 2 is 1.75 bits per heavy atom. The van der Waals surface area contributed by atoms with E-state index in [4.69, 9.17) is 10.8 Å². The van der Waals surface area contributed by atoms with Crippen LogP contribution < -0.4 is 5.73 Å². The van der Waals surface area contributed by atoms with E-state index in [0.29, 0.717) is 32.5 Å². The number of aliphatic carboxylic acids is 1. The maximum Gasteiger partial charge on any atom is 0.326 e. The summed E-state index contributed by atoms with van der Waals surface area (Å²) in [5, 5.41) is 9.11. The molecule has 112 valence electrons. The first-order valence-corrected chi connectivity index (χ1v) is 7.05. The lowest BCUT2D eigenvalue weighted by Gasteiger charge is -2.35. The van der Waals surface area contributed by atoms with Gasteiger partial charge < -0.3 is 20.6 Å². The summed E-state index contributed by atoms with van der Waals surface area (Å²) in [6, 6.07) is -0.877. The summed E-state index contributed by atoms with van der Waals surface area (Å²) in [7, 11) is 0. The van der Waals surface area contributed by atoms with Crippen molar-refractivity contribution >= 4 is 17.9 Å². The van der Waals surface area contributed by atoms with Gasteiger partial charge in [0, 0.05) is 26.1 Å². The van der Waals surface area contributed by atoms with E-state index >= 15 is 0 Å². The first kappa shape index (κ1) is 14.6. The molecule has 1 atom stereocenters. The fourth-order valence-electron chi connectivity index (χ4n) is 3.05. The van der Waals surface area contributed by atoms with E-state index in [0.717, 1.165) is 19.3 Å². The average Bonchev–Trinajstić information content (AvgIpc) is 2.87. The van der Waals surface area contributed by atoms with Gasteiger partial charge in [0.1, 0.15) is 6.04 Å². The van der Waals surface area contributed by atoms with Gasteiger partial charge in [-0.1, -0.05) is 0 Å². The van der Waals surface area contributed by atoms with E-state index in [-0.39, 0.29) is 17.9 Å². The van der Waals surface area contributed by atoms with Crippen LogP contribution >= 0.6 is 0 Å². The third-order valence-corrected chi connectivity index (χ3v) is 4.16. The van der Waals surface area contributed by atoms with Crippen LogP contribution in [0.25, 0.3) is 0 Å². The second kappa shape index (κ2) is 6.11. The number of nitrogens with two attached hydrogens (primary N) is 1. The number of carbonyl (C=O) groups is 3. The molecule has 0 bridgehead atoms. The zero-order chi connectivity index (χ0) is 14.7. The first-order chi connectivity index (χ1) is 9.49. The summed E-state index contributed by atoms with van der Waals surface area (Å²) in [5.74, 6) is -0.995. The fraction of sp³-hybridized carbons (Fsp3) is 0.769. The number of hydrogen-bond acceptors (Lipinski definition) is 3. The molecular formula is C13H21N3O4. The van der Waals surface area contributed by atoms with Crippen molar-refractivity contribution in [1.82, 2.24) is 9.80 Å². The summed E-state index contributed by atoms with van der Waals surface area (Å²) >= 11 is 0. The quantitative estimate of drug-likeness (QED) is 0.774. The van der Waals surface area contributed by atoms with Crippen molar-refractivity contribution in [3.05, 3.63) is 0 Å². The molecule has 2 saturated heterocycles. The van der Waals surface area contributed by atoms with Gasteiger partial charge in [-0.25, -0.2) is 9.59 Å². The number of likely N-dealkylation sites (tertiary alicyclic amines) is 2. The van der Waals surface area contributed by atoms with Gasteiger partial charge in [0.2, 0.25) is 5.91 Å². The highest BCUT2D eigenvalue weighted by Crippen LogP contribution is 2.24. The van der Waals surface area contributed by atoms with Crippen molar-refractivity contribution < 1.29 is 19.5 Å². The van der Waals surface area contributed by atoms with Crippen LogP contribution in [0.1, 0.15) is 32.1 Å². The average molecular weight is 283 g/mol. The van der Waals surface area contributed by atoms with E-state index in [1.165, 1.54) is 4.90 Å². The molecule has 2 rings (SSSR count). The third kappa shape index (κ3) is 3.20. The molecular weight excluding hydrogens is 262 g/mol. The number of carboxylic acid groups (broad SMARTS) is 1. The molecule has 0 aromatic carbocycles. The number of piperidine rings is 1. The summed E-state index contributed by atoms with van der Waals surface area (Å²) < 4.78 is 0. The summed E-state index contributed by atoms with van der Waals surface area (Å²) in [4.78, 5) is 37.5. The lowest BCUT2D eigenvalue weighted by atomic mass is 9.93. The van der Waals surface area contributed by atoms with Gasteiger partial charge in [0.05, 0.1) is 0 Å². The van der Waals surface area contributed by atoms with Crippen LogP contribution in [0, 0.1) is 5.92 Å². The van der Waals surface area contributed by atoms with Crippen molar-refractivity contribution in [3.8, 4) is 0 Å². The van der Waals surface area contributed by atoms with Gasteiger partial charge in [0.15, 0.2) is 0 Å². The van der Waals surface area contributed by atoms with E-state index < -0.39 is 12.0 Å². The second-order valence-corrected chi connectivity index (χ2v) is 5.57. The monoisotopic (exact) mass is 283 g/mol. The molecule has 2 aliphatic rings. The number of carbonyl (C=O) groups excluding carboxylic acids is 2. The Balaban J connectivity index is 1.88. The molecule has 0 aromatic rings. The maximum absolute atomic E-state index is 12.3. The molecule has 0 aliphatic carbocycles. The molecule has 0 aromatic heterocycles. The molecule has 7 nitrogen and oxygen atoms in total. The highest BCUT2D eigenvalue weighted by molar-refractivity contribution is 5.83. The van der Waals surface area contributed by atoms with Crippen LogP contribution in [-0.4, -0.2) is 58.5 Å². The van der Waals surface area contributed by atoms with E-state index in [9.17, 15) is 14.4 Å². The van der Waals surface area contributed by atoms with Gasteiger partial charge in [0.25, 0.3) is 0 Å². The summed E-state index contributed by atoms with van der Waals surface area (Å²) in [6.45, 7) is 1.65. The molecule has 0 saturated carbocycles. The number of nitrogens with zero attached hydrogens (tertiary/aromatic N) is 2. The topological polar surface area (TPSA) is 104 Å². The molecule has 2 fully saturated rings. The number of urea groups is 1. The van der Waals surface area contributed by atoms with Crippen LogP contribution in [-0.2, 0) is 9.59 Å². The van der Waals surface area contributed by atoms with Crippen LogP contribution in [0.4, 0.5) is 4.79 Å². The largest absolute Gasteiger partial charge is 0.480 e. The molecule has 1 unspecified atom stereocenters. The van der Waals surface area contributed by atoms with E-state index in [1.807, 2.05) is 0 Å². The Kier molecular flexibility index (Phi) is 4.46. The van der Waals surface area contributed by atoms with Gasteiger partial charge in [-0.05, 0) is 31.6 Å². The molecule has 3 amide bonds. The van der Waals surface area contributed by atoms with Crippen LogP contribution in [0.3, 0.4) is 0 Å². The Bertz CT molecular complexity index is 404. The van der Waals surface area contributed by atoms with Crippen LogP contribution in [0.2, 0.25) is 0 Å². The molecule has 20 heavy (non-hydrogen) atoms. The molecule has 3 N–H and O–H groups in total.